The lowest BCUT2D eigenvalue weighted by Gasteiger charge is -2.22. The van der Waals surface area contributed by atoms with Crippen LogP contribution in [0.3, 0.4) is 0 Å². The fraction of sp³-hybridized carbons (Fsp3) is 0.235. The van der Waals surface area contributed by atoms with Gasteiger partial charge in [0.1, 0.15) is 11.9 Å². The van der Waals surface area contributed by atoms with Crippen LogP contribution in [0, 0.1) is 11.3 Å². The minimum atomic E-state index is 0.764. The highest BCUT2D eigenvalue weighted by atomic mass is 32.1. The number of thiophene rings is 1. The molecule has 21 heavy (non-hydrogen) atoms. The number of hydrogen-bond donors (Lipinski definition) is 0. The fourth-order valence-electron chi connectivity index (χ4n) is 2.79. The molecule has 0 amide bonds. The molecule has 0 aliphatic rings. The minimum absolute atomic E-state index is 0.764. The van der Waals surface area contributed by atoms with Crippen molar-refractivity contribution < 1.29 is 0 Å². The summed E-state index contributed by atoms with van der Waals surface area (Å²) in [6.45, 7) is 6.13. The van der Waals surface area contributed by atoms with Gasteiger partial charge in [-0.15, -0.1) is 11.3 Å². The molecule has 3 aromatic rings. The summed E-state index contributed by atoms with van der Waals surface area (Å²) in [4.78, 5) is 3.46. The zero-order chi connectivity index (χ0) is 14.8. The summed E-state index contributed by atoms with van der Waals surface area (Å²) in [5.74, 6) is 1.12. The monoisotopic (exact) mass is 295 g/mol. The molecule has 0 spiro atoms. The van der Waals surface area contributed by atoms with E-state index in [-0.39, 0.29) is 0 Å². The van der Waals surface area contributed by atoms with Crippen LogP contribution in [-0.2, 0) is 0 Å². The van der Waals surface area contributed by atoms with Crippen LogP contribution < -0.4 is 4.90 Å². The van der Waals surface area contributed by atoms with Gasteiger partial charge in [0.25, 0.3) is 0 Å². The number of nitrogens with zero attached hydrogens (tertiary/aromatic N) is 3. The van der Waals surface area contributed by atoms with Crippen molar-refractivity contribution in [2.45, 2.75) is 13.8 Å². The van der Waals surface area contributed by atoms with E-state index in [1.54, 1.807) is 11.3 Å². The highest BCUT2D eigenvalue weighted by Crippen LogP contribution is 2.40. The molecule has 0 radical (unpaired) electrons. The summed E-state index contributed by atoms with van der Waals surface area (Å²) < 4.78 is 2.14. The summed E-state index contributed by atoms with van der Waals surface area (Å²) in [6, 6.07) is 12.6. The van der Waals surface area contributed by atoms with Crippen LogP contribution >= 0.6 is 11.3 Å². The number of fused-ring (bicyclic) bond motifs is 1. The van der Waals surface area contributed by atoms with Gasteiger partial charge in [0.2, 0.25) is 0 Å². The predicted molar refractivity (Wildman–Crippen MR) is 89.0 cm³/mol. The van der Waals surface area contributed by atoms with Crippen molar-refractivity contribution in [2.24, 2.45) is 0 Å². The normalized spacial score (nSPS) is 10.7. The molecule has 0 saturated heterocycles. The standard InChI is InChI=1S/C17H17N3S/c1-3-19(4-2)17-16(15-9-7-11-21-15)13(12-18)14-8-5-6-10-20(14)17/h5-11H,3-4H2,1-2H3. The average molecular weight is 295 g/mol. The van der Waals surface area contributed by atoms with Gasteiger partial charge in [-0.05, 0) is 37.4 Å². The first-order valence-corrected chi connectivity index (χ1v) is 8.01. The Hall–Kier alpha value is -2.25. The molecule has 3 heterocycles. The number of aromatic nitrogens is 1. The third kappa shape index (κ3) is 2.10. The molecule has 106 valence electrons. The molecule has 0 atom stereocenters. The van der Waals surface area contributed by atoms with Gasteiger partial charge >= 0.3 is 0 Å². The van der Waals surface area contributed by atoms with Gasteiger partial charge in [-0.2, -0.15) is 5.26 Å². The Morgan fingerprint density at radius 3 is 2.62 bits per heavy atom. The molecule has 4 heteroatoms. The van der Waals surface area contributed by atoms with Crippen LogP contribution in [0.5, 0.6) is 0 Å². The van der Waals surface area contributed by atoms with Crippen molar-refractivity contribution in [3.05, 3.63) is 47.5 Å². The average Bonchev–Trinajstić information content (AvgIpc) is 3.14. The van der Waals surface area contributed by atoms with Crippen molar-refractivity contribution in [1.82, 2.24) is 4.40 Å². The van der Waals surface area contributed by atoms with Crippen LogP contribution in [0.2, 0.25) is 0 Å². The topological polar surface area (TPSA) is 31.4 Å². The van der Waals surface area contributed by atoms with Gasteiger partial charge in [-0.3, -0.25) is 0 Å². The van der Waals surface area contributed by atoms with E-state index < -0.39 is 0 Å². The third-order valence-corrected chi connectivity index (χ3v) is 4.65. The van der Waals surface area contributed by atoms with Crippen molar-refractivity contribution in [2.75, 3.05) is 18.0 Å². The first-order chi connectivity index (χ1) is 10.3. The number of rotatable bonds is 4. The van der Waals surface area contributed by atoms with Crippen molar-refractivity contribution in [3.63, 3.8) is 0 Å². The van der Waals surface area contributed by atoms with E-state index in [1.165, 1.54) is 0 Å². The number of nitriles is 1. The van der Waals surface area contributed by atoms with Gasteiger partial charge < -0.3 is 9.30 Å². The van der Waals surface area contributed by atoms with Gasteiger partial charge in [-0.1, -0.05) is 12.1 Å². The molecule has 0 bridgehead atoms. The Kier molecular flexibility index (Phi) is 3.68. The highest BCUT2D eigenvalue weighted by Gasteiger charge is 2.22. The Bertz CT molecular complexity index is 789. The highest BCUT2D eigenvalue weighted by molar-refractivity contribution is 7.13. The molecule has 0 fully saturated rings. The lowest BCUT2D eigenvalue weighted by Crippen LogP contribution is -2.23. The quantitative estimate of drug-likeness (QED) is 0.715. The lowest BCUT2D eigenvalue weighted by atomic mass is 10.1. The first-order valence-electron chi connectivity index (χ1n) is 7.13. The van der Waals surface area contributed by atoms with E-state index in [1.807, 2.05) is 30.5 Å². The maximum atomic E-state index is 9.68. The van der Waals surface area contributed by atoms with Crippen LogP contribution in [0.25, 0.3) is 16.0 Å². The van der Waals surface area contributed by atoms with Crippen LogP contribution in [0.15, 0.2) is 41.9 Å². The number of hydrogen-bond acceptors (Lipinski definition) is 3. The SMILES string of the molecule is CCN(CC)c1c(-c2cccs2)c(C#N)c2ccccn12. The smallest absolute Gasteiger partial charge is 0.123 e. The molecule has 3 nitrogen and oxygen atoms in total. The minimum Gasteiger partial charge on any atom is -0.358 e. The largest absolute Gasteiger partial charge is 0.358 e. The van der Waals surface area contributed by atoms with E-state index >= 15 is 0 Å². The molecule has 0 aromatic carbocycles. The molecular weight excluding hydrogens is 278 g/mol. The molecule has 3 aromatic heterocycles. The third-order valence-electron chi connectivity index (χ3n) is 3.76. The van der Waals surface area contributed by atoms with E-state index in [2.05, 4.69) is 40.7 Å². The maximum absolute atomic E-state index is 9.68. The molecule has 0 aliphatic carbocycles. The van der Waals surface area contributed by atoms with Crippen molar-refractivity contribution in [1.29, 1.82) is 5.26 Å². The second kappa shape index (κ2) is 5.63. The maximum Gasteiger partial charge on any atom is 0.123 e. The van der Waals surface area contributed by atoms with Crippen molar-refractivity contribution in [3.8, 4) is 16.5 Å². The van der Waals surface area contributed by atoms with E-state index in [0.717, 1.165) is 40.4 Å². The van der Waals surface area contributed by atoms with Crippen LogP contribution in [-0.4, -0.2) is 17.5 Å². The van der Waals surface area contributed by atoms with Gasteiger partial charge in [0.15, 0.2) is 0 Å². The first kappa shape index (κ1) is 13.7. The Balaban J connectivity index is 2.43. The fourth-order valence-corrected chi connectivity index (χ4v) is 3.56. The van der Waals surface area contributed by atoms with Crippen LogP contribution in [0.4, 0.5) is 5.82 Å². The zero-order valence-electron chi connectivity index (χ0n) is 12.2. The summed E-state index contributed by atoms with van der Waals surface area (Å²) in [5.41, 5.74) is 2.80. The second-order valence-electron chi connectivity index (χ2n) is 4.79. The molecule has 0 unspecified atom stereocenters. The summed E-state index contributed by atoms with van der Waals surface area (Å²) in [6.07, 6.45) is 2.04. The van der Waals surface area contributed by atoms with Gasteiger partial charge in [0, 0.05) is 24.2 Å². The van der Waals surface area contributed by atoms with E-state index in [4.69, 9.17) is 0 Å². The predicted octanol–water partition coefficient (Wildman–Crippen LogP) is 4.39. The Morgan fingerprint density at radius 2 is 2.00 bits per heavy atom. The summed E-state index contributed by atoms with van der Waals surface area (Å²) >= 11 is 1.68. The lowest BCUT2D eigenvalue weighted by molar-refractivity contribution is 0.840. The van der Waals surface area contributed by atoms with Gasteiger partial charge in [-0.25, -0.2) is 0 Å². The van der Waals surface area contributed by atoms with Gasteiger partial charge in [0.05, 0.1) is 16.6 Å². The van der Waals surface area contributed by atoms with Crippen molar-refractivity contribution >= 4 is 22.7 Å². The summed E-state index contributed by atoms with van der Waals surface area (Å²) in [5, 5.41) is 11.7. The Labute approximate surface area is 128 Å². The molecule has 0 saturated carbocycles. The van der Waals surface area contributed by atoms with Crippen LogP contribution in [0.1, 0.15) is 19.4 Å². The number of anilines is 1. The molecule has 0 aliphatic heterocycles. The summed E-state index contributed by atoms with van der Waals surface area (Å²) in [7, 11) is 0. The Morgan fingerprint density at radius 1 is 1.19 bits per heavy atom. The number of pyridine rings is 1. The molecule has 0 N–H and O–H groups in total. The van der Waals surface area contributed by atoms with E-state index in [0.29, 0.717) is 0 Å². The zero-order valence-corrected chi connectivity index (χ0v) is 13.0. The second-order valence-corrected chi connectivity index (χ2v) is 5.74. The van der Waals surface area contributed by atoms with E-state index in [9.17, 15) is 5.26 Å². The molecular formula is C17H17N3S. The molecule has 3 rings (SSSR count).